The van der Waals surface area contributed by atoms with Gasteiger partial charge < -0.3 is 10.2 Å². The van der Waals surface area contributed by atoms with Crippen molar-refractivity contribution in [3.63, 3.8) is 0 Å². The summed E-state index contributed by atoms with van der Waals surface area (Å²) in [6.07, 6.45) is 1.17. The Morgan fingerprint density at radius 3 is 2.62 bits per heavy atom. The molecule has 0 fully saturated rings. The van der Waals surface area contributed by atoms with Crippen molar-refractivity contribution in [1.82, 2.24) is 10.2 Å². The highest BCUT2D eigenvalue weighted by Crippen LogP contribution is 2.22. The Bertz CT molecular complexity index is 238. The smallest absolute Gasteiger partial charge is 0.157 e. The van der Waals surface area contributed by atoms with Gasteiger partial charge in [-0.15, -0.1) is 0 Å². The molecule has 0 saturated carbocycles. The molecule has 16 heavy (non-hydrogen) atoms. The summed E-state index contributed by atoms with van der Waals surface area (Å²) >= 11 is 1.87. The third-order valence-corrected chi connectivity index (χ3v) is 3.83. The summed E-state index contributed by atoms with van der Waals surface area (Å²) in [5, 5.41) is 4.65. The summed E-state index contributed by atoms with van der Waals surface area (Å²) in [4.78, 5) is 6.93. The molecule has 1 aliphatic heterocycles. The van der Waals surface area contributed by atoms with E-state index in [0.717, 1.165) is 17.5 Å². The molecule has 4 heteroatoms. The van der Waals surface area contributed by atoms with E-state index >= 15 is 0 Å². The Balaban J connectivity index is 2.29. The first-order chi connectivity index (χ1) is 7.49. The second-order valence-corrected chi connectivity index (χ2v) is 6.20. The molecule has 94 valence electrons. The molecule has 0 aromatic heterocycles. The van der Waals surface area contributed by atoms with Crippen LogP contribution < -0.4 is 5.32 Å². The third kappa shape index (κ3) is 4.74. The lowest BCUT2D eigenvalue weighted by Crippen LogP contribution is -2.32. The van der Waals surface area contributed by atoms with Crippen molar-refractivity contribution in [2.45, 2.75) is 39.3 Å². The van der Waals surface area contributed by atoms with Crippen molar-refractivity contribution < 1.29 is 0 Å². The summed E-state index contributed by atoms with van der Waals surface area (Å²) in [6.45, 7) is 7.84. The van der Waals surface area contributed by atoms with Crippen LogP contribution in [0.4, 0.5) is 0 Å². The quantitative estimate of drug-likeness (QED) is 0.801. The van der Waals surface area contributed by atoms with Gasteiger partial charge in [0.1, 0.15) is 0 Å². The Kier molecular flexibility index (Phi) is 5.62. The topological polar surface area (TPSA) is 27.6 Å². The van der Waals surface area contributed by atoms with Gasteiger partial charge in [0.25, 0.3) is 0 Å². The first-order valence-corrected chi connectivity index (χ1v) is 7.09. The minimum Gasteiger partial charge on any atom is -0.362 e. The Morgan fingerprint density at radius 1 is 1.44 bits per heavy atom. The monoisotopic (exact) mass is 243 g/mol. The number of hydrogen-bond donors (Lipinski definition) is 1. The zero-order valence-corrected chi connectivity index (χ0v) is 12.0. The molecule has 0 bridgehead atoms. The van der Waals surface area contributed by atoms with E-state index in [1.165, 1.54) is 6.42 Å². The van der Waals surface area contributed by atoms with Gasteiger partial charge in [0.05, 0.1) is 6.04 Å². The van der Waals surface area contributed by atoms with Gasteiger partial charge in [-0.25, -0.2) is 0 Å². The summed E-state index contributed by atoms with van der Waals surface area (Å²) in [6, 6.07) is 1.02. The zero-order chi connectivity index (χ0) is 12.1. The lowest BCUT2D eigenvalue weighted by atomic mass is 10.1. The van der Waals surface area contributed by atoms with Gasteiger partial charge in [0.15, 0.2) is 5.17 Å². The fourth-order valence-electron chi connectivity index (χ4n) is 1.54. The SMILES string of the molecule is CC(CCN(C)C)NC1=N[C@@H](C(C)C)CS1. The average Bonchev–Trinajstić information content (AvgIpc) is 2.63. The first kappa shape index (κ1) is 13.8. The molecule has 2 atom stereocenters. The summed E-state index contributed by atoms with van der Waals surface area (Å²) in [5.74, 6) is 1.80. The van der Waals surface area contributed by atoms with Crippen LogP contribution in [0.3, 0.4) is 0 Å². The normalized spacial score (nSPS) is 22.7. The maximum Gasteiger partial charge on any atom is 0.157 e. The van der Waals surface area contributed by atoms with Crippen LogP contribution in [0.5, 0.6) is 0 Å². The van der Waals surface area contributed by atoms with E-state index < -0.39 is 0 Å². The highest BCUT2D eigenvalue weighted by atomic mass is 32.2. The van der Waals surface area contributed by atoms with E-state index in [1.54, 1.807) is 0 Å². The van der Waals surface area contributed by atoms with Crippen molar-refractivity contribution in [1.29, 1.82) is 0 Å². The molecule has 1 heterocycles. The van der Waals surface area contributed by atoms with Crippen molar-refractivity contribution in [2.24, 2.45) is 10.9 Å². The second-order valence-electron chi connectivity index (χ2n) is 5.19. The molecule has 0 aliphatic carbocycles. The molecule has 1 N–H and O–H groups in total. The van der Waals surface area contributed by atoms with Gasteiger partial charge in [-0.2, -0.15) is 0 Å². The molecule has 0 radical (unpaired) electrons. The first-order valence-electron chi connectivity index (χ1n) is 6.11. The van der Waals surface area contributed by atoms with Crippen molar-refractivity contribution >= 4 is 16.9 Å². The van der Waals surface area contributed by atoms with Crippen LogP contribution in [0.25, 0.3) is 0 Å². The Labute approximate surface area is 104 Å². The molecular formula is C12H25N3S. The van der Waals surface area contributed by atoms with E-state index in [2.05, 4.69) is 45.1 Å². The van der Waals surface area contributed by atoms with E-state index in [-0.39, 0.29) is 0 Å². The molecule has 1 aliphatic rings. The number of thioether (sulfide) groups is 1. The number of aliphatic imine (C=N–C) groups is 1. The second kappa shape index (κ2) is 6.50. The van der Waals surface area contributed by atoms with E-state index in [0.29, 0.717) is 18.0 Å². The largest absolute Gasteiger partial charge is 0.362 e. The summed E-state index contributed by atoms with van der Waals surface area (Å²) in [5.41, 5.74) is 0. The van der Waals surface area contributed by atoms with Crippen LogP contribution in [-0.4, -0.2) is 48.5 Å². The standard InChI is InChI=1S/C12H25N3S/c1-9(2)11-8-16-12(14-11)13-10(3)6-7-15(4)5/h9-11H,6-8H2,1-5H3,(H,13,14)/t10?,11-/m1/s1. The number of rotatable bonds is 5. The molecule has 0 aromatic carbocycles. The van der Waals surface area contributed by atoms with Gasteiger partial charge >= 0.3 is 0 Å². The summed E-state index contributed by atoms with van der Waals surface area (Å²) in [7, 11) is 4.23. The number of hydrogen-bond acceptors (Lipinski definition) is 4. The van der Waals surface area contributed by atoms with E-state index in [4.69, 9.17) is 4.99 Å². The number of nitrogens with zero attached hydrogens (tertiary/aromatic N) is 2. The molecule has 3 nitrogen and oxygen atoms in total. The maximum atomic E-state index is 4.71. The van der Waals surface area contributed by atoms with Gasteiger partial charge in [-0.3, -0.25) is 4.99 Å². The third-order valence-electron chi connectivity index (χ3n) is 2.82. The van der Waals surface area contributed by atoms with Crippen LogP contribution in [0.2, 0.25) is 0 Å². The molecule has 1 rings (SSSR count). The molecule has 1 unspecified atom stereocenters. The van der Waals surface area contributed by atoms with Crippen molar-refractivity contribution in [3.8, 4) is 0 Å². The fourth-order valence-corrected chi connectivity index (χ4v) is 2.83. The van der Waals surface area contributed by atoms with Crippen LogP contribution in [0, 0.1) is 5.92 Å². The minimum atomic E-state index is 0.508. The Morgan fingerprint density at radius 2 is 2.12 bits per heavy atom. The minimum absolute atomic E-state index is 0.508. The van der Waals surface area contributed by atoms with E-state index in [1.807, 2.05) is 11.8 Å². The predicted octanol–water partition coefficient (Wildman–Crippen LogP) is 2.04. The molecule has 0 amide bonds. The lowest BCUT2D eigenvalue weighted by Gasteiger charge is -2.17. The highest BCUT2D eigenvalue weighted by molar-refractivity contribution is 8.14. The molecular weight excluding hydrogens is 218 g/mol. The van der Waals surface area contributed by atoms with Crippen LogP contribution in [-0.2, 0) is 0 Å². The number of amidine groups is 1. The summed E-state index contributed by atoms with van der Waals surface area (Å²) < 4.78 is 0. The molecule has 0 spiro atoms. The van der Waals surface area contributed by atoms with Crippen LogP contribution in [0.1, 0.15) is 27.2 Å². The zero-order valence-electron chi connectivity index (χ0n) is 11.2. The van der Waals surface area contributed by atoms with Gasteiger partial charge in [0.2, 0.25) is 0 Å². The van der Waals surface area contributed by atoms with Crippen molar-refractivity contribution in [2.75, 3.05) is 26.4 Å². The fraction of sp³-hybridized carbons (Fsp3) is 0.917. The average molecular weight is 243 g/mol. The van der Waals surface area contributed by atoms with Gasteiger partial charge in [-0.05, 0) is 39.9 Å². The van der Waals surface area contributed by atoms with E-state index in [9.17, 15) is 0 Å². The number of nitrogens with one attached hydrogen (secondary N) is 1. The predicted molar refractivity (Wildman–Crippen MR) is 74.3 cm³/mol. The highest BCUT2D eigenvalue weighted by Gasteiger charge is 2.21. The molecule has 0 aromatic rings. The van der Waals surface area contributed by atoms with Gasteiger partial charge in [-0.1, -0.05) is 25.6 Å². The molecule has 0 saturated heterocycles. The Hall–Kier alpha value is -0.220. The van der Waals surface area contributed by atoms with Crippen molar-refractivity contribution in [3.05, 3.63) is 0 Å². The van der Waals surface area contributed by atoms with Crippen LogP contribution >= 0.6 is 11.8 Å². The van der Waals surface area contributed by atoms with Gasteiger partial charge in [0, 0.05) is 11.8 Å². The van der Waals surface area contributed by atoms with Crippen LogP contribution in [0.15, 0.2) is 4.99 Å². The lowest BCUT2D eigenvalue weighted by molar-refractivity contribution is 0.379. The maximum absolute atomic E-state index is 4.71.